The summed E-state index contributed by atoms with van der Waals surface area (Å²) in [4.78, 5) is 13.5. The Morgan fingerprint density at radius 2 is 2.10 bits per heavy atom. The van der Waals surface area contributed by atoms with E-state index in [9.17, 15) is 0 Å². The Bertz CT molecular complexity index is 762. The standard InChI is InChI=1S/C21H34N8/c1-22-21(24-14-20(27(2)3)17-13-25-28(4)15-17)26-18-8-11-29(12-9-18)16-19-7-5-6-10-23-19/h5-7,10,13,15,18,20H,8-9,11-12,14,16H2,1-4H3,(H2,22,24,26). The molecule has 158 valence electrons. The predicted octanol–water partition coefficient (Wildman–Crippen LogP) is 1.25. The van der Waals surface area contributed by atoms with Crippen LogP contribution in [0.3, 0.4) is 0 Å². The molecule has 0 aromatic carbocycles. The van der Waals surface area contributed by atoms with Crippen LogP contribution in [0.4, 0.5) is 0 Å². The molecule has 2 aromatic heterocycles. The minimum Gasteiger partial charge on any atom is -0.354 e. The van der Waals surface area contributed by atoms with E-state index in [-0.39, 0.29) is 6.04 Å². The zero-order valence-corrected chi connectivity index (χ0v) is 18.0. The largest absolute Gasteiger partial charge is 0.354 e. The van der Waals surface area contributed by atoms with Gasteiger partial charge in [-0.15, -0.1) is 0 Å². The lowest BCUT2D eigenvalue weighted by molar-refractivity contribution is 0.196. The van der Waals surface area contributed by atoms with Crippen molar-refractivity contribution in [3.63, 3.8) is 0 Å². The lowest BCUT2D eigenvalue weighted by Gasteiger charge is -2.33. The molecule has 2 aromatic rings. The molecule has 0 amide bonds. The number of rotatable bonds is 7. The lowest BCUT2D eigenvalue weighted by Crippen LogP contribution is -2.49. The van der Waals surface area contributed by atoms with Crippen molar-refractivity contribution in [1.29, 1.82) is 0 Å². The quantitative estimate of drug-likeness (QED) is 0.540. The van der Waals surface area contributed by atoms with E-state index in [1.165, 1.54) is 5.56 Å². The van der Waals surface area contributed by atoms with Crippen LogP contribution in [-0.2, 0) is 13.6 Å². The van der Waals surface area contributed by atoms with Crippen molar-refractivity contribution in [2.24, 2.45) is 12.0 Å². The van der Waals surface area contributed by atoms with Gasteiger partial charge in [0, 0.05) is 64.3 Å². The van der Waals surface area contributed by atoms with Gasteiger partial charge in [-0.3, -0.25) is 19.6 Å². The fourth-order valence-corrected chi connectivity index (χ4v) is 3.75. The lowest BCUT2D eigenvalue weighted by atomic mass is 10.0. The van der Waals surface area contributed by atoms with Crippen molar-refractivity contribution in [1.82, 2.24) is 35.2 Å². The smallest absolute Gasteiger partial charge is 0.191 e. The molecule has 1 saturated heterocycles. The normalized spacial score (nSPS) is 17.5. The summed E-state index contributed by atoms with van der Waals surface area (Å²) in [7, 11) is 7.96. The number of aliphatic imine (C=N–C) groups is 1. The van der Waals surface area contributed by atoms with Crippen LogP contribution in [0.25, 0.3) is 0 Å². The van der Waals surface area contributed by atoms with Gasteiger partial charge in [0.2, 0.25) is 0 Å². The second-order valence-electron chi connectivity index (χ2n) is 7.90. The minimum absolute atomic E-state index is 0.238. The van der Waals surface area contributed by atoms with E-state index >= 15 is 0 Å². The third-order valence-corrected chi connectivity index (χ3v) is 5.46. The van der Waals surface area contributed by atoms with Gasteiger partial charge in [-0.2, -0.15) is 5.10 Å². The van der Waals surface area contributed by atoms with Crippen molar-refractivity contribution in [2.75, 3.05) is 40.8 Å². The first-order valence-electron chi connectivity index (χ1n) is 10.3. The van der Waals surface area contributed by atoms with Crippen molar-refractivity contribution in [3.8, 4) is 0 Å². The summed E-state index contributed by atoms with van der Waals surface area (Å²) in [5.41, 5.74) is 2.34. The van der Waals surface area contributed by atoms with Crippen LogP contribution in [0.15, 0.2) is 41.8 Å². The molecule has 0 bridgehead atoms. The Morgan fingerprint density at radius 3 is 2.69 bits per heavy atom. The number of likely N-dealkylation sites (tertiary alicyclic amines) is 1. The first kappa shape index (κ1) is 21.3. The highest BCUT2D eigenvalue weighted by Gasteiger charge is 2.21. The molecule has 1 aliphatic rings. The van der Waals surface area contributed by atoms with E-state index in [1.807, 2.05) is 37.2 Å². The summed E-state index contributed by atoms with van der Waals surface area (Å²) in [5.74, 6) is 0.865. The molecule has 8 heteroatoms. The van der Waals surface area contributed by atoms with Crippen LogP contribution in [-0.4, -0.2) is 77.3 Å². The summed E-state index contributed by atoms with van der Waals surface area (Å²) in [6, 6.07) is 6.80. The highest BCUT2D eigenvalue weighted by atomic mass is 15.3. The Morgan fingerprint density at radius 1 is 1.31 bits per heavy atom. The Kier molecular flexibility index (Phi) is 7.60. The molecule has 1 fully saturated rings. The van der Waals surface area contributed by atoms with E-state index in [1.54, 1.807) is 0 Å². The Balaban J connectivity index is 1.45. The maximum atomic E-state index is 4.44. The summed E-state index contributed by atoms with van der Waals surface area (Å²) in [6.07, 6.45) is 8.08. The van der Waals surface area contributed by atoms with E-state index in [2.05, 4.69) is 67.9 Å². The van der Waals surface area contributed by atoms with Gasteiger partial charge in [0.15, 0.2) is 5.96 Å². The maximum absolute atomic E-state index is 4.44. The number of nitrogens with zero attached hydrogens (tertiary/aromatic N) is 6. The number of piperidine rings is 1. The molecule has 3 rings (SSSR count). The summed E-state index contributed by atoms with van der Waals surface area (Å²) in [5, 5.41) is 11.4. The number of aromatic nitrogens is 3. The van der Waals surface area contributed by atoms with E-state index in [4.69, 9.17) is 0 Å². The molecule has 1 atom stereocenters. The molecule has 0 aliphatic carbocycles. The minimum atomic E-state index is 0.238. The molecule has 1 unspecified atom stereocenters. The highest BCUT2D eigenvalue weighted by molar-refractivity contribution is 5.80. The maximum Gasteiger partial charge on any atom is 0.191 e. The Labute approximate surface area is 174 Å². The third kappa shape index (κ3) is 6.27. The van der Waals surface area contributed by atoms with Crippen molar-refractivity contribution in [3.05, 3.63) is 48.0 Å². The first-order valence-corrected chi connectivity index (χ1v) is 10.3. The van der Waals surface area contributed by atoms with Crippen molar-refractivity contribution < 1.29 is 0 Å². The summed E-state index contributed by atoms with van der Waals surface area (Å²) < 4.78 is 1.84. The van der Waals surface area contributed by atoms with Crippen LogP contribution < -0.4 is 10.6 Å². The monoisotopic (exact) mass is 398 g/mol. The predicted molar refractivity (Wildman–Crippen MR) is 117 cm³/mol. The van der Waals surface area contributed by atoms with Crippen LogP contribution in [0.2, 0.25) is 0 Å². The fraction of sp³-hybridized carbons (Fsp3) is 0.571. The molecule has 0 radical (unpaired) electrons. The van der Waals surface area contributed by atoms with Gasteiger partial charge in [0.05, 0.1) is 17.9 Å². The first-order chi connectivity index (χ1) is 14.0. The van der Waals surface area contributed by atoms with Gasteiger partial charge in [-0.05, 0) is 39.1 Å². The molecule has 0 saturated carbocycles. The summed E-state index contributed by atoms with van der Waals surface area (Å²) in [6.45, 7) is 3.84. The molecule has 1 aliphatic heterocycles. The number of likely N-dealkylation sites (N-methyl/N-ethyl adjacent to an activating group) is 1. The topological polar surface area (TPSA) is 73.6 Å². The SMILES string of the molecule is CN=C(NCC(c1cnn(C)c1)N(C)C)NC1CCN(Cc2ccccn2)CC1. The van der Waals surface area contributed by atoms with Crippen LogP contribution in [0.5, 0.6) is 0 Å². The second-order valence-corrected chi connectivity index (χ2v) is 7.90. The number of aryl methyl sites for hydroxylation is 1. The number of hydrogen-bond acceptors (Lipinski definition) is 5. The van der Waals surface area contributed by atoms with Gasteiger partial charge < -0.3 is 15.5 Å². The van der Waals surface area contributed by atoms with Crippen molar-refractivity contribution in [2.45, 2.75) is 31.5 Å². The molecular formula is C21H34N8. The molecular weight excluding hydrogens is 364 g/mol. The van der Waals surface area contributed by atoms with Crippen LogP contribution in [0, 0.1) is 0 Å². The van der Waals surface area contributed by atoms with Gasteiger partial charge in [-0.25, -0.2) is 0 Å². The second kappa shape index (κ2) is 10.4. The number of pyridine rings is 1. The van der Waals surface area contributed by atoms with E-state index in [0.29, 0.717) is 6.04 Å². The fourth-order valence-electron chi connectivity index (χ4n) is 3.75. The van der Waals surface area contributed by atoms with E-state index in [0.717, 1.165) is 50.7 Å². The molecule has 8 nitrogen and oxygen atoms in total. The molecule has 2 N–H and O–H groups in total. The average Bonchev–Trinajstić information content (AvgIpc) is 3.15. The number of guanidine groups is 1. The van der Waals surface area contributed by atoms with Gasteiger partial charge in [0.25, 0.3) is 0 Å². The number of hydrogen-bond donors (Lipinski definition) is 2. The van der Waals surface area contributed by atoms with Crippen LogP contribution >= 0.6 is 0 Å². The zero-order valence-electron chi connectivity index (χ0n) is 18.0. The summed E-state index contributed by atoms with van der Waals surface area (Å²) >= 11 is 0. The van der Waals surface area contributed by atoms with Gasteiger partial charge in [0.1, 0.15) is 0 Å². The van der Waals surface area contributed by atoms with Gasteiger partial charge in [-0.1, -0.05) is 6.07 Å². The molecule has 29 heavy (non-hydrogen) atoms. The Hall–Kier alpha value is -2.45. The zero-order chi connectivity index (χ0) is 20.6. The highest BCUT2D eigenvalue weighted by Crippen LogP contribution is 2.16. The van der Waals surface area contributed by atoms with E-state index < -0.39 is 0 Å². The van der Waals surface area contributed by atoms with Crippen molar-refractivity contribution >= 4 is 5.96 Å². The molecule has 3 heterocycles. The molecule has 0 spiro atoms. The average molecular weight is 399 g/mol. The third-order valence-electron chi connectivity index (χ3n) is 5.46. The number of nitrogens with one attached hydrogen (secondary N) is 2. The van der Waals surface area contributed by atoms with Crippen LogP contribution in [0.1, 0.15) is 30.1 Å². The van der Waals surface area contributed by atoms with Gasteiger partial charge >= 0.3 is 0 Å².